The number of nitro benzene ring substituents is 1. The molecule has 22 heavy (non-hydrogen) atoms. The van der Waals surface area contributed by atoms with E-state index in [1.165, 1.54) is 23.1 Å². The topological polar surface area (TPSA) is 110 Å². The first-order chi connectivity index (χ1) is 10.3. The van der Waals surface area contributed by atoms with Gasteiger partial charge in [-0.2, -0.15) is 0 Å². The molecule has 0 aliphatic rings. The van der Waals surface area contributed by atoms with Crippen LogP contribution in [0.4, 0.5) is 5.69 Å². The summed E-state index contributed by atoms with van der Waals surface area (Å²) in [6.45, 7) is 3.18. The lowest BCUT2D eigenvalue weighted by Gasteiger charge is -2.26. The molecule has 0 saturated carbocycles. The van der Waals surface area contributed by atoms with Crippen molar-refractivity contribution in [3.63, 3.8) is 0 Å². The summed E-state index contributed by atoms with van der Waals surface area (Å²) < 4.78 is 5.22. The van der Waals surface area contributed by atoms with Crippen molar-refractivity contribution in [2.45, 2.75) is 26.3 Å². The molecule has 1 amide bonds. The number of nitro groups is 1. The van der Waals surface area contributed by atoms with Crippen LogP contribution in [0.15, 0.2) is 24.3 Å². The second kappa shape index (κ2) is 7.96. The van der Waals surface area contributed by atoms with Crippen molar-refractivity contribution in [1.29, 1.82) is 0 Å². The van der Waals surface area contributed by atoms with Crippen LogP contribution in [-0.2, 0) is 9.59 Å². The average Bonchev–Trinajstić information content (AvgIpc) is 2.44. The van der Waals surface area contributed by atoms with Crippen LogP contribution in [0, 0.1) is 10.1 Å². The summed E-state index contributed by atoms with van der Waals surface area (Å²) >= 11 is 0. The molecule has 0 unspecified atom stereocenters. The number of hydrogen-bond acceptors (Lipinski definition) is 5. The number of carbonyl (C=O) groups excluding carboxylic acids is 1. The molecule has 8 heteroatoms. The van der Waals surface area contributed by atoms with E-state index in [-0.39, 0.29) is 37.1 Å². The zero-order valence-corrected chi connectivity index (χ0v) is 12.4. The number of rotatable bonds is 8. The van der Waals surface area contributed by atoms with Crippen molar-refractivity contribution in [3.8, 4) is 5.75 Å². The fourth-order valence-electron chi connectivity index (χ4n) is 1.84. The maximum absolute atomic E-state index is 12.1. The highest BCUT2D eigenvalue weighted by Gasteiger charge is 2.20. The van der Waals surface area contributed by atoms with Crippen molar-refractivity contribution in [2.24, 2.45) is 0 Å². The predicted octanol–water partition coefficient (Wildman–Crippen LogP) is 1.69. The third-order valence-electron chi connectivity index (χ3n) is 2.92. The Labute approximate surface area is 127 Å². The van der Waals surface area contributed by atoms with E-state index >= 15 is 0 Å². The standard InChI is InChI=1S/C14H18N2O6/c1-10(2)15(8-7-14(18)19)13(17)9-22-12-6-4-3-5-11(12)16(20)21/h3-6,10H,7-9H2,1-2H3,(H,18,19). The van der Waals surface area contributed by atoms with Crippen molar-refractivity contribution in [2.75, 3.05) is 13.2 Å². The van der Waals surface area contributed by atoms with Crippen LogP contribution in [0.5, 0.6) is 5.75 Å². The average molecular weight is 310 g/mol. The Morgan fingerprint density at radius 3 is 2.55 bits per heavy atom. The van der Waals surface area contributed by atoms with Gasteiger partial charge in [0, 0.05) is 18.7 Å². The third-order valence-corrected chi connectivity index (χ3v) is 2.92. The van der Waals surface area contributed by atoms with E-state index in [4.69, 9.17) is 9.84 Å². The summed E-state index contributed by atoms with van der Waals surface area (Å²) in [4.78, 5) is 34.3. The van der Waals surface area contributed by atoms with Crippen molar-refractivity contribution in [3.05, 3.63) is 34.4 Å². The van der Waals surface area contributed by atoms with Crippen molar-refractivity contribution >= 4 is 17.6 Å². The lowest BCUT2D eigenvalue weighted by molar-refractivity contribution is -0.385. The van der Waals surface area contributed by atoms with E-state index in [0.29, 0.717) is 0 Å². The molecule has 0 fully saturated rings. The van der Waals surface area contributed by atoms with Crippen LogP contribution in [0.25, 0.3) is 0 Å². The summed E-state index contributed by atoms with van der Waals surface area (Å²) in [5.74, 6) is -1.42. The fraction of sp³-hybridized carbons (Fsp3) is 0.429. The first-order valence-electron chi connectivity index (χ1n) is 6.70. The molecule has 1 rings (SSSR count). The predicted molar refractivity (Wildman–Crippen MR) is 77.7 cm³/mol. The van der Waals surface area contributed by atoms with E-state index in [1.807, 2.05) is 0 Å². The van der Waals surface area contributed by atoms with E-state index in [9.17, 15) is 19.7 Å². The van der Waals surface area contributed by atoms with Gasteiger partial charge in [-0.1, -0.05) is 12.1 Å². The van der Waals surface area contributed by atoms with Gasteiger partial charge in [0.15, 0.2) is 12.4 Å². The molecule has 0 spiro atoms. The van der Waals surface area contributed by atoms with Gasteiger partial charge in [-0.3, -0.25) is 19.7 Å². The molecule has 0 saturated heterocycles. The van der Waals surface area contributed by atoms with E-state index < -0.39 is 16.8 Å². The molecule has 0 aromatic heterocycles. The van der Waals surface area contributed by atoms with Gasteiger partial charge in [-0.05, 0) is 19.9 Å². The molecule has 0 bridgehead atoms. The van der Waals surface area contributed by atoms with Gasteiger partial charge in [0.25, 0.3) is 5.91 Å². The van der Waals surface area contributed by atoms with Crippen LogP contribution < -0.4 is 4.74 Å². The minimum Gasteiger partial charge on any atom is -0.481 e. The highest BCUT2D eigenvalue weighted by Crippen LogP contribution is 2.25. The number of carboxylic acids is 1. The van der Waals surface area contributed by atoms with Crippen LogP contribution in [0.1, 0.15) is 20.3 Å². The molecule has 120 valence electrons. The lowest BCUT2D eigenvalue weighted by atomic mass is 10.2. The van der Waals surface area contributed by atoms with Gasteiger partial charge in [0.2, 0.25) is 0 Å². The zero-order valence-electron chi connectivity index (χ0n) is 12.4. The molecule has 0 radical (unpaired) electrons. The second-order valence-electron chi connectivity index (χ2n) is 4.84. The smallest absolute Gasteiger partial charge is 0.310 e. The summed E-state index contributed by atoms with van der Waals surface area (Å²) in [6, 6.07) is 5.56. The number of nitrogens with zero attached hydrogens (tertiary/aromatic N) is 2. The number of ether oxygens (including phenoxy) is 1. The van der Waals surface area contributed by atoms with Crippen LogP contribution in [0.2, 0.25) is 0 Å². The Hall–Kier alpha value is -2.64. The van der Waals surface area contributed by atoms with Crippen LogP contribution in [0.3, 0.4) is 0 Å². The Bertz CT molecular complexity index is 558. The third kappa shape index (κ3) is 5.04. The molecule has 0 aliphatic carbocycles. The van der Waals surface area contributed by atoms with Gasteiger partial charge in [0.05, 0.1) is 11.3 Å². The summed E-state index contributed by atoms with van der Waals surface area (Å²) in [5.41, 5.74) is -0.225. The molecule has 1 aromatic carbocycles. The Morgan fingerprint density at radius 2 is 2.00 bits per heavy atom. The maximum Gasteiger partial charge on any atom is 0.310 e. The summed E-state index contributed by atoms with van der Waals surface area (Å²) in [7, 11) is 0. The number of benzene rings is 1. The van der Waals surface area contributed by atoms with Gasteiger partial charge < -0.3 is 14.7 Å². The highest BCUT2D eigenvalue weighted by molar-refractivity contribution is 5.79. The minimum atomic E-state index is -1.00. The SMILES string of the molecule is CC(C)N(CCC(=O)O)C(=O)COc1ccccc1[N+](=O)[O-]. The van der Waals surface area contributed by atoms with E-state index in [2.05, 4.69) is 0 Å². The first-order valence-corrected chi connectivity index (χ1v) is 6.70. The highest BCUT2D eigenvalue weighted by atomic mass is 16.6. The quantitative estimate of drug-likeness (QED) is 0.578. The number of hydrogen-bond donors (Lipinski definition) is 1. The monoisotopic (exact) mass is 310 g/mol. The largest absolute Gasteiger partial charge is 0.481 e. The normalized spacial score (nSPS) is 10.3. The molecule has 0 atom stereocenters. The van der Waals surface area contributed by atoms with Gasteiger partial charge >= 0.3 is 11.7 Å². The Morgan fingerprint density at radius 1 is 1.36 bits per heavy atom. The lowest BCUT2D eigenvalue weighted by Crippen LogP contribution is -2.41. The van der Waals surface area contributed by atoms with Crippen LogP contribution in [-0.4, -0.2) is 46.0 Å². The number of carbonyl (C=O) groups is 2. The van der Waals surface area contributed by atoms with Gasteiger partial charge in [0.1, 0.15) is 0 Å². The zero-order chi connectivity index (χ0) is 16.7. The number of carboxylic acid groups (broad SMARTS) is 1. The number of amides is 1. The Balaban J connectivity index is 2.71. The summed E-state index contributed by atoms with van der Waals surface area (Å²) in [6.07, 6.45) is -0.171. The van der Waals surface area contributed by atoms with Crippen LogP contribution >= 0.6 is 0 Å². The molecule has 0 aliphatic heterocycles. The second-order valence-corrected chi connectivity index (χ2v) is 4.84. The van der Waals surface area contributed by atoms with Gasteiger partial charge in [-0.15, -0.1) is 0 Å². The number of aliphatic carboxylic acids is 1. The van der Waals surface area contributed by atoms with Crippen molar-refractivity contribution in [1.82, 2.24) is 4.90 Å². The molecular weight excluding hydrogens is 292 g/mol. The van der Waals surface area contributed by atoms with E-state index in [1.54, 1.807) is 19.9 Å². The van der Waals surface area contributed by atoms with Crippen molar-refractivity contribution < 1.29 is 24.4 Å². The Kier molecular flexibility index (Phi) is 6.30. The van der Waals surface area contributed by atoms with Gasteiger partial charge in [-0.25, -0.2) is 0 Å². The minimum absolute atomic E-state index is 0.00258. The molecular formula is C14H18N2O6. The number of para-hydroxylation sites is 2. The molecule has 1 aromatic rings. The first kappa shape index (κ1) is 17.4. The fourth-order valence-corrected chi connectivity index (χ4v) is 1.84. The maximum atomic E-state index is 12.1. The molecule has 8 nitrogen and oxygen atoms in total. The van der Waals surface area contributed by atoms with E-state index in [0.717, 1.165) is 0 Å². The molecule has 1 N–H and O–H groups in total. The molecule has 0 heterocycles. The summed E-state index contributed by atoms with van der Waals surface area (Å²) in [5, 5.41) is 19.5.